The highest BCUT2D eigenvalue weighted by Crippen LogP contribution is 2.33. The predicted molar refractivity (Wildman–Crippen MR) is 187 cm³/mol. The molecule has 5 aromatic rings. The normalized spacial score (nSPS) is 16.9. The van der Waals surface area contributed by atoms with E-state index >= 15 is 4.39 Å². The first kappa shape index (κ1) is 36.8. The molecule has 272 valence electrons. The number of anilines is 1. The van der Waals surface area contributed by atoms with Gasteiger partial charge in [0, 0.05) is 29.0 Å². The molecule has 9 nitrogen and oxygen atoms in total. The van der Waals surface area contributed by atoms with E-state index in [4.69, 9.17) is 21.1 Å². The number of aromatic nitrogens is 3. The summed E-state index contributed by atoms with van der Waals surface area (Å²) < 4.78 is 69.3. The number of imidazole rings is 1. The summed E-state index contributed by atoms with van der Waals surface area (Å²) in [4.78, 5) is 40.2. The summed E-state index contributed by atoms with van der Waals surface area (Å²) in [7, 11) is 0. The zero-order chi connectivity index (χ0) is 37.2. The number of benzene rings is 3. The number of ether oxygens (including phenoxy) is 2. The lowest BCUT2D eigenvalue weighted by Gasteiger charge is -2.39. The number of fused-ring (bicyclic) bond motifs is 1. The summed E-state index contributed by atoms with van der Waals surface area (Å²) >= 11 is 6.16. The van der Waals surface area contributed by atoms with Gasteiger partial charge in [0.1, 0.15) is 40.7 Å². The number of carbonyl (C=O) groups is 2. The number of amides is 2. The van der Waals surface area contributed by atoms with Gasteiger partial charge in [0.2, 0.25) is 5.91 Å². The van der Waals surface area contributed by atoms with Gasteiger partial charge < -0.3 is 19.8 Å². The minimum Gasteiger partial charge on any atom is -0.444 e. The standard InChI is InChI=1S/C38H36ClF4N5O4/c1-38(2,3)52-37(50)48-19-27(51-20-34(48)36-46-31-11-6-23(39)14-32(31)47-36)9-10-28-30(43)17-44-18-33(28)45-35(49)16-29(21-4-7-24(40)8-5-21)22-12-25(41)15-26(42)13-22/h4-8,11-15,17-18,27,29,34H,9-10,16,19-20H2,1-3H3,(H,45,49)(H,46,47)/t27-,29+,34+/m1/s1. The molecule has 1 saturated heterocycles. The molecule has 2 aromatic heterocycles. The lowest BCUT2D eigenvalue weighted by molar-refractivity contribution is -0.116. The van der Waals surface area contributed by atoms with Crippen LogP contribution in [0.1, 0.15) is 68.1 Å². The van der Waals surface area contributed by atoms with Crippen molar-refractivity contribution in [2.75, 3.05) is 18.5 Å². The fourth-order valence-corrected chi connectivity index (χ4v) is 6.39. The molecule has 3 heterocycles. The van der Waals surface area contributed by atoms with Crippen molar-refractivity contribution in [1.82, 2.24) is 19.9 Å². The number of hydrogen-bond donors (Lipinski definition) is 2. The van der Waals surface area contributed by atoms with E-state index in [1.165, 1.54) is 35.4 Å². The van der Waals surface area contributed by atoms with Crippen molar-refractivity contribution in [2.45, 2.75) is 63.7 Å². The van der Waals surface area contributed by atoms with E-state index < -0.39 is 58.9 Å². The zero-order valence-electron chi connectivity index (χ0n) is 28.6. The van der Waals surface area contributed by atoms with Crippen LogP contribution in [0.25, 0.3) is 11.0 Å². The van der Waals surface area contributed by atoms with Crippen LogP contribution in [-0.4, -0.2) is 56.7 Å². The van der Waals surface area contributed by atoms with Gasteiger partial charge in [0.15, 0.2) is 0 Å². The Labute approximate surface area is 302 Å². The van der Waals surface area contributed by atoms with Crippen molar-refractivity contribution < 1.29 is 36.6 Å². The molecule has 52 heavy (non-hydrogen) atoms. The van der Waals surface area contributed by atoms with Crippen molar-refractivity contribution in [2.24, 2.45) is 0 Å². The topological polar surface area (TPSA) is 109 Å². The summed E-state index contributed by atoms with van der Waals surface area (Å²) in [6.07, 6.45) is 1.29. The first-order chi connectivity index (χ1) is 24.7. The van der Waals surface area contributed by atoms with E-state index in [9.17, 15) is 22.8 Å². The highest BCUT2D eigenvalue weighted by molar-refractivity contribution is 6.31. The maximum absolute atomic E-state index is 15.3. The zero-order valence-corrected chi connectivity index (χ0v) is 29.3. The molecule has 0 unspecified atom stereocenters. The Morgan fingerprint density at radius 1 is 1.00 bits per heavy atom. The van der Waals surface area contributed by atoms with E-state index in [1.54, 1.807) is 39.0 Å². The van der Waals surface area contributed by atoms with Crippen LogP contribution in [0, 0.1) is 23.3 Å². The second kappa shape index (κ2) is 15.3. The highest BCUT2D eigenvalue weighted by Gasteiger charge is 2.37. The van der Waals surface area contributed by atoms with Gasteiger partial charge >= 0.3 is 6.09 Å². The molecule has 14 heteroatoms. The molecule has 3 aromatic carbocycles. The Morgan fingerprint density at radius 3 is 2.44 bits per heavy atom. The number of rotatable bonds is 9. The number of halogens is 5. The van der Waals surface area contributed by atoms with Crippen LogP contribution in [0.15, 0.2) is 73.1 Å². The third-order valence-electron chi connectivity index (χ3n) is 8.62. The highest BCUT2D eigenvalue weighted by atomic mass is 35.5. The van der Waals surface area contributed by atoms with E-state index in [-0.39, 0.29) is 49.2 Å². The van der Waals surface area contributed by atoms with Crippen LogP contribution in [-0.2, 0) is 20.7 Å². The van der Waals surface area contributed by atoms with Gasteiger partial charge in [-0.2, -0.15) is 0 Å². The van der Waals surface area contributed by atoms with Crippen molar-refractivity contribution in [3.05, 3.63) is 124 Å². The molecule has 3 atom stereocenters. The maximum Gasteiger partial charge on any atom is 0.411 e. The number of pyridine rings is 1. The van der Waals surface area contributed by atoms with Crippen LogP contribution in [0.4, 0.5) is 28.0 Å². The summed E-state index contributed by atoms with van der Waals surface area (Å²) in [6, 6.07) is 12.8. The van der Waals surface area contributed by atoms with Crippen molar-refractivity contribution in [3.8, 4) is 0 Å². The average Bonchev–Trinajstić information content (AvgIpc) is 3.49. The summed E-state index contributed by atoms with van der Waals surface area (Å²) in [6.45, 7) is 5.48. The van der Waals surface area contributed by atoms with Crippen LogP contribution < -0.4 is 5.32 Å². The van der Waals surface area contributed by atoms with Gasteiger partial charge in [0.05, 0.1) is 48.4 Å². The number of hydrogen-bond acceptors (Lipinski definition) is 6. The molecule has 0 aliphatic carbocycles. The van der Waals surface area contributed by atoms with Crippen molar-refractivity contribution in [3.63, 3.8) is 0 Å². The number of carbonyl (C=O) groups excluding carboxylic acids is 2. The minimum atomic E-state index is -0.845. The first-order valence-corrected chi connectivity index (χ1v) is 17.0. The fraction of sp³-hybridized carbons (Fsp3) is 0.316. The summed E-state index contributed by atoms with van der Waals surface area (Å²) in [5.41, 5.74) is 1.47. The lowest BCUT2D eigenvalue weighted by atomic mass is 9.88. The Kier molecular flexibility index (Phi) is 10.8. The monoisotopic (exact) mass is 737 g/mol. The van der Waals surface area contributed by atoms with E-state index in [1.807, 2.05) is 0 Å². The molecule has 0 radical (unpaired) electrons. The number of nitrogens with one attached hydrogen (secondary N) is 2. The Balaban J connectivity index is 1.18. The SMILES string of the molecule is CC(C)(C)OC(=O)N1C[C@@H](CCc2c(F)cncc2NC(=O)C[C@@H](c2ccc(F)cc2)c2cc(F)cc(F)c2)OC[C@H]1c1nc2ccc(Cl)cc2[nH]1. The molecule has 2 amide bonds. The third kappa shape index (κ3) is 8.88. The van der Waals surface area contributed by atoms with Crippen LogP contribution >= 0.6 is 11.6 Å². The van der Waals surface area contributed by atoms with E-state index in [0.29, 0.717) is 33.5 Å². The van der Waals surface area contributed by atoms with Gasteiger partial charge in [-0.25, -0.2) is 27.3 Å². The molecule has 0 saturated carbocycles. The van der Waals surface area contributed by atoms with Crippen LogP contribution in [0.5, 0.6) is 0 Å². The fourth-order valence-electron chi connectivity index (χ4n) is 6.21. The van der Waals surface area contributed by atoms with Gasteiger partial charge in [-0.05, 0) is 87.2 Å². The van der Waals surface area contributed by atoms with Gasteiger partial charge in [-0.1, -0.05) is 23.7 Å². The third-order valence-corrected chi connectivity index (χ3v) is 8.85. The average molecular weight is 738 g/mol. The van der Waals surface area contributed by atoms with Gasteiger partial charge in [-0.3, -0.25) is 14.7 Å². The van der Waals surface area contributed by atoms with Crippen molar-refractivity contribution in [1.29, 1.82) is 0 Å². The summed E-state index contributed by atoms with van der Waals surface area (Å²) in [5, 5.41) is 3.23. The van der Waals surface area contributed by atoms with Gasteiger partial charge in [-0.15, -0.1) is 0 Å². The summed E-state index contributed by atoms with van der Waals surface area (Å²) in [5.74, 6) is -3.79. The molecule has 0 spiro atoms. The molecule has 1 aliphatic rings. The molecule has 2 N–H and O–H groups in total. The van der Waals surface area contributed by atoms with E-state index in [2.05, 4.69) is 20.3 Å². The van der Waals surface area contributed by atoms with Crippen LogP contribution in [0.3, 0.4) is 0 Å². The molecule has 1 aliphatic heterocycles. The van der Waals surface area contributed by atoms with Crippen molar-refractivity contribution >= 4 is 40.3 Å². The number of morpholine rings is 1. The smallest absolute Gasteiger partial charge is 0.411 e. The number of nitrogens with zero attached hydrogens (tertiary/aromatic N) is 3. The largest absolute Gasteiger partial charge is 0.444 e. The molecular weight excluding hydrogens is 702 g/mol. The van der Waals surface area contributed by atoms with E-state index in [0.717, 1.165) is 18.3 Å². The molecular formula is C38H36ClF4N5O4. The quantitative estimate of drug-likeness (QED) is 0.147. The molecule has 1 fully saturated rings. The Morgan fingerprint density at radius 2 is 1.73 bits per heavy atom. The lowest BCUT2D eigenvalue weighted by Crippen LogP contribution is -2.49. The number of aromatic amines is 1. The second-order valence-electron chi connectivity index (χ2n) is 13.6. The number of H-pyrrole nitrogens is 1. The predicted octanol–water partition coefficient (Wildman–Crippen LogP) is 8.64. The minimum absolute atomic E-state index is 0.0747. The Hall–Kier alpha value is -5.01. The first-order valence-electron chi connectivity index (χ1n) is 16.6. The van der Waals surface area contributed by atoms with Crippen LogP contribution in [0.2, 0.25) is 5.02 Å². The molecule has 0 bridgehead atoms. The Bertz CT molecular complexity index is 2070. The van der Waals surface area contributed by atoms with Gasteiger partial charge in [0.25, 0.3) is 0 Å². The maximum atomic E-state index is 15.3. The second-order valence-corrected chi connectivity index (χ2v) is 14.1. The molecule has 6 rings (SSSR count).